The first-order chi connectivity index (χ1) is 19.9. The Hall–Kier alpha value is -4.82. The van der Waals surface area contributed by atoms with Gasteiger partial charge in [0.15, 0.2) is 0 Å². The van der Waals surface area contributed by atoms with Crippen LogP contribution in [0.5, 0.6) is 17.2 Å². The molecule has 0 spiro atoms. The number of nitrogens with zero attached hydrogens (tertiary/aromatic N) is 1. The van der Waals surface area contributed by atoms with Crippen molar-refractivity contribution in [3.8, 4) is 23.3 Å². The van der Waals surface area contributed by atoms with Gasteiger partial charge >= 0.3 is 0 Å². The summed E-state index contributed by atoms with van der Waals surface area (Å²) in [5.74, 6) is 0.708. The predicted octanol–water partition coefficient (Wildman–Crippen LogP) is 5.40. The Labute approximate surface area is 242 Å². The number of methoxy groups -OCH3 is 2. The number of anilines is 2. The molecule has 1 atom stereocenters. The molecule has 2 aromatic carbocycles. The first kappa shape index (κ1) is 29.2. The highest BCUT2D eigenvalue weighted by Crippen LogP contribution is 2.41. The standard InChI is InChI=1S/C30H30N4O6S/c1-5-39-20-10-8-19(9-11-20)33-29(36)27-18(2)32-30(22(16-31)28(27)24-7-6-14-40-24)41-17-26(35)34-23-13-12-21(37-3)15-25(23)38-4/h6-15,28,32H,5,17H2,1-4H3,(H,33,36)(H,34,35)/t28-/m0/s1. The van der Waals surface area contributed by atoms with Gasteiger partial charge in [0.2, 0.25) is 5.91 Å². The number of dihydropyridines is 1. The molecule has 2 heterocycles. The van der Waals surface area contributed by atoms with E-state index in [9.17, 15) is 14.9 Å². The summed E-state index contributed by atoms with van der Waals surface area (Å²) in [6.45, 7) is 4.18. The summed E-state index contributed by atoms with van der Waals surface area (Å²) in [5, 5.41) is 19.6. The normalized spacial score (nSPS) is 14.6. The summed E-state index contributed by atoms with van der Waals surface area (Å²) in [5.41, 5.74) is 2.20. The summed E-state index contributed by atoms with van der Waals surface area (Å²) in [7, 11) is 3.05. The quantitative estimate of drug-likeness (QED) is 0.275. The average molecular weight is 575 g/mol. The second kappa shape index (κ2) is 13.5. The number of thioether (sulfide) groups is 1. The lowest BCUT2D eigenvalue weighted by Crippen LogP contribution is -2.31. The molecule has 3 aromatic rings. The highest BCUT2D eigenvalue weighted by Gasteiger charge is 2.36. The molecule has 11 heteroatoms. The maximum atomic E-state index is 13.5. The number of amides is 2. The number of rotatable bonds is 11. The molecule has 0 saturated heterocycles. The van der Waals surface area contributed by atoms with E-state index in [-0.39, 0.29) is 23.1 Å². The summed E-state index contributed by atoms with van der Waals surface area (Å²) in [6, 6.07) is 17.7. The van der Waals surface area contributed by atoms with E-state index in [1.165, 1.54) is 13.4 Å². The zero-order chi connectivity index (χ0) is 29.4. The van der Waals surface area contributed by atoms with Crippen LogP contribution in [0.4, 0.5) is 11.4 Å². The number of benzene rings is 2. The van der Waals surface area contributed by atoms with E-state index < -0.39 is 5.92 Å². The average Bonchev–Trinajstić information content (AvgIpc) is 3.51. The fourth-order valence-corrected chi connectivity index (χ4v) is 5.18. The van der Waals surface area contributed by atoms with Gasteiger partial charge in [0.1, 0.15) is 23.0 Å². The Bertz CT molecular complexity index is 1510. The van der Waals surface area contributed by atoms with Crippen LogP contribution >= 0.6 is 11.8 Å². The van der Waals surface area contributed by atoms with E-state index in [1.807, 2.05) is 6.92 Å². The molecule has 0 fully saturated rings. The van der Waals surface area contributed by atoms with E-state index in [0.29, 0.717) is 57.3 Å². The van der Waals surface area contributed by atoms with Gasteiger partial charge in [-0.2, -0.15) is 5.26 Å². The highest BCUT2D eigenvalue weighted by atomic mass is 32.2. The zero-order valence-electron chi connectivity index (χ0n) is 23.1. The van der Waals surface area contributed by atoms with Crippen molar-refractivity contribution in [3.63, 3.8) is 0 Å². The molecule has 0 saturated carbocycles. The number of carbonyl (C=O) groups is 2. The molecule has 2 amide bonds. The molecule has 1 aromatic heterocycles. The molecule has 0 unspecified atom stereocenters. The van der Waals surface area contributed by atoms with Crippen molar-refractivity contribution in [1.29, 1.82) is 5.26 Å². The fraction of sp³-hybridized carbons (Fsp3) is 0.233. The number of hydrogen-bond acceptors (Lipinski definition) is 9. The van der Waals surface area contributed by atoms with Crippen LogP contribution in [-0.4, -0.2) is 38.4 Å². The van der Waals surface area contributed by atoms with E-state index in [4.69, 9.17) is 18.6 Å². The zero-order valence-corrected chi connectivity index (χ0v) is 23.9. The number of carbonyl (C=O) groups excluding carboxylic acids is 2. The lowest BCUT2D eigenvalue weighted by atomic mass is 9.85. The van der Waals surface area contributed by atoms with Crippen molar-refractivity contribution >= 4 is 35.0 Å². The molecule has 1 aliphatic rings. The Balaban J connectivity index is 1.54. The predicted molar refractivity (Wildman–Crippen MR) is 157 cm³/mol. The summed E-state index contributed by atoms with van der Waals surface area (Å²) in [6.07, 6.45) is 1.49. The van der Waals surface area contributed by atoms with Crippen LogP contribution in [0.1, 0.15) is 25.5 Å². The molecule has 212 valence electrons. The Morgan fingerprint density at radius 2 is 1.83 bits per heavy atom. The van der Waals surface area contributed by atoms with Crippen molar-refractivity contribution in [1.82, 2.24) is 5.32 Å². The smallest absolute Gasteiger partial charge is 0.254 e. The van der Waals surface area contributed by atoms with Crippen LogP contribution in [0, 0.1) is 11.3 Å². The molecule has 4 rings (SSSR count). The second-order valence-corrected chi connectivity index (χ2v) is 9.77. The third-order valence-electron chi connectivity index (χ3n) is 6.17. The Morgan fingerprint density at radius 1 is 1.07 bits per heavy atom. The number of nitriles is 1. The van der Waals surface area contributed by atoms with Gasteiger partial charge in [-0.05, 0) is 62.4 Å². The van der Waals surface area contributed by atoms with Crippen molar-refractivity contribution < 1.29 is 28.2 Å². The van der Waals surface area contributed by atoms with Crippen LogP contribution < -0.4 is 30.2 Å². The van der Waals surface area contributed by atoms with Crippen LogP contribution in [0.3, 0.4) is 0 Å². The number of ether oxygens (including phenoxy) is 3. The van der Waals surface area contributed by atoms with Gasteiger partial charge in [-0.1, -0.05) is 11.8 Å². The number of hydrogen-bond donors (Lipinski definition) is 3. The molecule has 0 radical (unpaired) electrons. The molecule has 0 bridgehead atoms. The third kappa shape index (κ3) is 6.85. The van der Waals surface area contributed by atoms with Gasteiger partial charge in [-0.25, -0.2) is 0 Å². The van der Waals surface area contributed by atoms with Crippen molar-refractivity contribution in [2.75, 3.05) is 37.2 Å². The van der Waals surface area contributed by atoms with Gasteiger partial charge in [0.05, 0.1) is 66.7 Å². The van der Waals surface area contributed by atoms with Gasteiger partial charge < -0.3 is 34.6 Å². The van der Waals surface area contributed by atoms with Gasteiger partial charge in [0.25, 0.3) is 5.91 Å². The van der Waals surface area contributed by atoms with Crippen molar-refractivity contribution in [2.24, 2.45) is 0 Å². The third-order valence-corrected chi connectivity index (χ3v) is 7.19. The van der Waals surface area contributed by atoms with Gasteiger partial charge in [-0.15, -0.1) is 0 Å². The first-order valence-electron chi connectivity index (χ1n) is 12.7. The van der Waals surface area contributed by atoms with Crippen molar-refractivity contribution in [2.45, 2.75) is 19.8 Å². The minimum absolute atomic E-state index is 0.00540. The number of furan rings is 1. The first-order valence-corrected chi connectivity index (χ1v) is 13.7. The SMILES string of the molecule is CCOc1ccc(NC(=O)C2=C(C)NC(SCC(=O)Nc3ccc(OC)cc3OC)=C(C#N)[C@H]2c2ccco2)cc1. The maximum Gasteiger partial charge on any atom is 0.254 e. The Kier molecular flexibility index (Phi) is 9.60. The molecule has 1 aliphatic heterocycles. The van der Waals surface area contributed by atoms with Crippen LogP contribution in [0.2, 0.25) is 0 Å². The fourth-order valence-electron chi connectivity index (χ4n) is 4.29. The van der Waals surface area contributed by atoms with Crippen LogP contribution in [0.15, 0.2) is 87.1 Å². The van der Waals surface area contributed by atoms with Gasteiger partial charge in [0, 0.05) is 17.5 Å². The lowest BCUT2D eigenvalue weighted by Gasteiger charge is -2.28. The van der Waals surface area contributed by atoms with Crippen LogP contribution in [-0.2, 0) is 9.59 Å². The maximum absolute atomic E-state index is 13.5. The van der Waals surface area contributed by atoms with Crippen molar-refractivity contribution in [3.05, 3.63) is 88.5 Å². The topological polar surface area (TPSA) is 135 Å². The molecular formula is C30H30N4O6S. The summed E-state index contributed by atoms with van der Waals surface area (Å²) in [4.78, 5) is 26.4. The molecule has 41 heavy (non-hydrogen) atoms. The Morgan fingerprint density at radius 3 is 2.46 bits per heavy atom. The number of nitrogens with one attached hydrogen (secondary N) is 3. The van der Waals surface area contributed by atoms with E-state index in [1.54, 1.807) is 68.6 Å². The van der Waals surface area contributed by atoms with Crippen LogP contribution in [0.25, 0.3) is 0 Å². The molecule has 0 aliphatic carbocycles. The van der Waals surface area contributed by atoms with E-state index in [0.717, 1.165) is 11.8 Å². The minimum Gasteiger partial charge on any atom is -0.497 e. The number of allylic oxidation sites excluding steroid dienone is 2. The summed E-state index contributed by atoms with van der Waals surface area (Å²) < 4.78 is 21.7. The molecular weight excluding hydrogens is 544 g/mol. The molecule has 3 N–H and O–H groups in total. The second-order valence-electron chi connectivity index (χ2n) is 8.78. The monoisotopic (exact) mass is 574 g/mol. The minimum atomic E-state index is -0.772. The summed E-state index contributed by atoms with van der Waals surface area (Å²) >= 11 is 1.15. The lowest BCUT2D eigenvalue weighted by molar-refractivity contribution is -0.114. The largest absolute Gasteiger partial charge is 0.497 e. The highest BCUT2D eigenvalue weighted by molar-refractivity contribution is 8.03. The van der Waals surface area contributed by atoms with E-state index in [2.05, 4.69) is 22.0 Å². The van der Waals surface area contributed by atoms with Gasteiger partial charge in [-0.3, -0.25) is 9.59 Å². The molecule has 10 nitrogen and oxygen atoms in total. The van der Waals surface area contributed by atoms with E-state index >= 15 is 0 Å².